The molecule has 1 saturated carbocycles. The van der Waals surface area contributed by atoms with Gasteiger partial charge >= 0.3 is 0 Å². The van der Waals surface area contributed by atoms with Crippen LogP contribution in [0.1, 0.15) is 30.7 Å². The van der Waals surface area contributed by atoms with Crippen molar-refractivity contribution in [1.82, 2.24) is 4.98 Å². The van der Waals surface area contributed by atoms with E-state index >= 15 is 0 Å². The number of ether oxygens (including phenoxy) is 2. The number of benzene rings is 1. The number of aromatic nitrogens is 1. The molecule has 1 aromatic carbocycles. The molecule has 21 heavy (non-hydrogen) atoms. The van der Waals surface area contributed by atoms with Gasteiger partial charge in [0.05, 0.1) is 24.4 Å². The lowest BCUT2D eigenvalue weighted by Crippen LogP contribution is -2.43. The fraction of sp³-hybridized carbons (Fsp3) is 0.438. The van der Waals surface area contributed by atoms with E-state index in [0.29, 0.717) is 13.2 Å². The fourth-order valence-electron chi connectivity index (χ4n) is 2.73. The van der Waals surface area contributed by atoms with Gasteiger partial charge in [-0.25, -0.2) is 4.98 Å². The van der Waals surface area contributed by atoms with E-state index < -0.39 is 0 Å². The van der Waals surface area contributed by atoms with Crippen LogP contribution in [0.4, 0.5) is 0 Å². The highest BCUT2D eigenvalue weighted by Crippen LogP contribution is 2.42. The minimum absolute atomic E-state index is 0.186. The van der Waals surface area contributed by atoms with Gasteiger partial charge in [0.2, 0.25) is 0 Å². The van der Waals surface area contributed by atoms with E-state index in [1.165, 1.54) is 6.42 Å². The van der Waals surface area contributed by atoms with E-state index in [0.717, 1.165) is 47.0 Å². The van der Waals surface area contributed by atoms with Crippen LogP contribution in [0.25, 0.3) is 11.3 Å². The number of rotatable bonds is 2. The van der Waals surface area contributed by atoms with E-state index in [1.807, 2.05) is 18.2 Å². The molecule has 0 radical (unpaired) electrons. The summed E-state index contributed by atoms with van der Waals surface area (Å²) >= 11 is 1.66. The number of nitrogens with two attached hydrogens (primary N) is 1. The van der Waals surface area contributed by atoms with Gasteiger partial charge in [-0.1, -0.05) is 0 Å². The Kier molecular flexibility index (Phi) is 3.12. The second-order valence-corrected chi connectivity index (χ2v) is 6.62. The molecule has 4 rings (SSSR count). The van der Waals surface area contributed by atoms with Crippen molar-refractivity contribution in [3.05, 3.63) is 28.6 Å². The molecule has 1 aliphatic carbocycles. The van der Waals surface area contributed by atoms with E-state index in [-0.39, 0.29) is 5.54 Å². The van der Waals surface area contributed by atoms with Gasteiger partial charge in [0.1, 0.15) is 5.01 Å². The van der Waals surface area contributed by atoms with E-state index in [9.17, 15) is 0 Å². The van der Waals surface area contributed by atoms with Crippen LogP contribution in [-0.2, 0) is 5.54 Å². The summed E-state index contributed by atoms with van der Waals surface area (Å²) in [6, 6.07) is 6.02. The van der Waals surface area contributed by atoms with Crippen molar-refractivity contribution in [3.8, 4) is 22.8 Å². The third-order valence-electron chi connectivity index (χ3n) is 4.22. The van der Waals surface area contributed by atoms with Gasteiger partial charge in [-0.2, -0.15) is 0 Å². The zero-order valence-corrected chi connectivity index (χ0v) is 12.6. The van der Waals surface area contributed by atoms with Crippen LogP contribution in [-0.4, -0.2) is 18.2 Å². The predicted octanol–water partition coefficient (Wildman–Crippen LogP) is 3.31. The SMILES string of the molecule is NC1(c2nc(-c3ccc4c(c3)OCCCO4)cs2)CCC1. The van der Waals surface area contributed by atoms with Crippen LogP contribution in [0.2, 0.25) is 0 Å². The Balaban J connectivity index is 1.66. The maximum Gasteiger partial charge on any atom is 0.161 e. The van der Waals surface area contributed by atoms with Crippen LogP contribution in [0, 0.1) is 0 Å². The van der Waals surface area contributed by atoms with Gasteiger partial charge in [0, 0.05) is 17.4 Å². The van der Waals surface area contributed by atoms with Crippen molar-refractivity contribution < 1.29 is 9.47 Å². The fourth-order valence-corrected chi connectivity index (χ4v) is 3.73. The number of thiazole rings is 1. The first-order valence-electron chi connectivity index (χ1n) is 7.40. The van der Waals surface area contributed by atoms with Crippen molar-refractivity contribution >= 4 is 11.3 Å². The summed E-state index contributed by atoms with van der Waals surface area (Å²) in [5.41, 5.74) is 8.20. The zero-order valence-electron chi connectivity index (χ0n) is 11.8. The maximum atomic E-state index is 6.35. The minimum atomic E-state index is -0.186. The summed E-state index contributed by atoms with van der Waals surface area (Å²) in [6.07, 6.45) is 4.21. The monoisotopic (exact) mass is 302 g/mol. The van der Waals surface area contributed by atoms with E-state index in [4.69, 9.17) is 20.2 Å². The van der Waals surface area contributed by atoms with Crippen molar-refractivity contribution in [2.45, 2.75) is 31.2 Å². The van der Waals surface area contributed by atoms with Gasteiger partial charge in [-0.15, -0.1) is 11.3 Å². The van der Waals surface area contributed by atoms with Crippen LogP contribution >= 0.6 is 11.3 Å². The molecule has 0 bridgehead atoms. The molecule has 1 aliphatic heterocycles. The minimum Gasteiger partial charge on any atom is -0.490 e. The molecule has 2 N–H and O–H groups in total. The standard InChI is InChI=1S/C16H18N2O2S/c17-16(5-1-6-16)15-18-12(10-21-15)11-3-4-13-14(9-11)20-8-2-7-19-13/h3-4,9-10H,1-2,5-8,17H2. The highest BCUT2D eigenvalue weighted by molar-refractivity contribution is 7.10. The summed E-state index contributed by atoms with van der Waals surface area (Å²) < 4.78 is 11.4. The normalized spacial score (nSPS) is 19.7. The molecule has 0 spiro atoms. The van der Waals surface area contributed by atoms with Gasteiger partial charge < -0.3 is 15.2 Å². The Bertz CT molecular complexity index is 664. The molecule has 0 atom stereocenters. The number of fused-ring (bicyclic) bond motifs is 1. The maximum absolute atomic E-state index is 6.35. The van der Waals surface area contributed by atoms with Gasteiger partial charge in [-0.05, 0) is 37.5 Å². The molecule has 0 amide bonds. The van der Waals surface area contributed by atoms with Crippen molar-refractivity contribution in [2.24, 2.45) is 5.73 Å². The molecule has 1 fully saturated rings. The quantitative estimate of drug-likeness (QED) is 0.924. The second kappa shape index (κ2) is 5.00. The van der Waals surface area contributed by atoms with Gasteiger partial charge in [-0.3, -0.25) is 0 Å². The van der Waals surface area contributed by atoms with Crippen LogP contribution in [0.3, 0.4) is 0 Å². The zero-order chi connectivity index (χ0) is 14.3. The lowest BCUT2D eigenvalue weighted by Gasteiger charge is -2.35. The molecular weight excluding hydrogens is 284 g/mol. The van der Waals surface area contributed by atoms with Crippen LogP contribution in [0.15, 0.2) is 23.6 Å². The lowest BCUT2D eigenvalue weighted by atomic mass is 9.78. The summed E-state index contributed by atoms with van der Waals surface area (Å²) in [5.74, 6) is 1.63. The first kappa shape index (κ1) is 13.1. The predicted molar refractivity (Wildman–Crippen MR) is 82.9 cm³/mol. The molecule has 0 saturated heterocycles. The van der Waals surface area contributed by atoms with Crippen molar-refractivity contribution in [2.75, 3.05) is 13.2 Å². The largest absolute Gasteiger partial charge is 0.490 e. The second-order valence-electron chi connectivity index (χ2n) is 5.76. The molecule has 2 aliphatic rings. The molecule has 0 unspecified atom stereocenters. The molecule has 110 valence electrons. The van der Waals surface area contributed by atoms with Gasteiger partial charge in [0.15, 0.2) is 11.5 Å². The number of hydrogen-bond donors (Lipinski definition) is 1. The molecular formula is C16H18N2O2S. The Hall–Kier alpha value is -1.59. The molecule has 2 aromatic rings. The summed E-state index contributed by atoms with van der Waals surface area (Å²) in [6.45, 7) is 1.41. The van der Waals surface area contributed by atoms with Crippen molar-refractivity contribution in [1.29, 1.82) is 0 Å². The molecule has 4 nitrogen and oxygen atoms in total. The summed E-state index contributed by atoms with van der Waals surface area (Å²) in [4.78, 5) is 4.74. The lowest BCUT2D eigenvalue weighted by molar-refractivity contribution is 0.253. The van der Waals surface area contributed by atoms with Gasteiger partial charge in [0.25, 0.3) is 0 Å². The summed E-state index contributed by atoms with van der Waals surface area (Å²) in [7, 11) is 0. The first-order chi connectivity index (χ1) is 10.2. The van der Waals surface area contributed by atoms with E-state index in [2.05, 4.69) is 5.38 Å². The molecule has 5 heteroatoms. The Morgan fingerprint density at radius 1 is 1.10 bits per heavy atom. The third-order valence-corrected chi connectivity index (χ3v) is 5.28. The number of hydrogen-bond acceptors (Lipinski definition) is 5. The Labute approximate surface area is 127 Å². The Morgan fingerprint density at radius 2 is 1.90 bits per heavy atom. The summed E-state index contributed by atoms with van der Waals surface area (Å²) in [5, 5.41) is 3.14. The highest BCUT2D eigenvalue weighted by Gasteiger charge is 2.37. The smallest absolute Gasteiger partial charge is 0.161 e. The average molecular weight is 302 g/mol. The van der Waals surface area contributed by atoms with Crippen LogP contribution in [0.5, 0.6) is 11.5 Å². The third kappa shape index (κ3) is 2.30. The van der Waals surface area contributed by atoms with Crippen LogP contribution < -0.4 is 15.2 Å². The molecule has 2 heterocycles. The average Bonchev–Trinajstić information content (AvgIpc) is 2.84. The number of nitrogens with zero attached hydrogens (tertiary/aromatic N) is 1. The Morgan fingerprint density at radius 3 is 2.67 bits per heavy atom. The van der Waals surface area contributed by atoms with E-state index in [1.54, 1.807) is 11.3 Å². The first-order valence-corrected chi connectivity index (χ1v) is 8.27. The highest BCUT2D eigenvalue weighted by atomic mass is 32.1. The van der Waals surface area contributed by atoms with Crippen molar-refractivity contribution in [3.63, 3.8) is 0 Å². The molecule has 1 aromatic heterocycles. The topological polar surface area (TPSA) is 57.4 Å².